The topological polar surface area (TPSA) is 166 Å². The van der Waals surface area contributed by atoms with Gasteiger partial charge in [-0.3, -0.25) is 14.4 Å². The second kappa shape index (κ2) is 18.6. The predicted octanol–water partition coefficient (Wildman–Crippen LogP) is 4.84. The molecule has 0 spiro atoms. The highest BCUT2D eigenvalue weighted by Gasteiger charge is 2.42. The van der Waals surface area contributed by atoms with Crippen molar-refractivity contribution in [3.63, 3.8) is 0 Å². The minimum absolute atomic E-state index is 0.0146. The summed E-state index contributed by atoms with van der Waals surface area (Å²) in [7, 11) is 1.32. The minimum Gasteiger partial charge on any atom is -0.493 e. The summed E-state index contributed by atoms with van der Waals surface area (Å²) in [6.45, 7) is 8.41. The third-order valence-corrected chi connectivity index (χ3v) is 7.94. The van der Waals surface area contributed by atoms with Gasteiger partial charge >= 0.3 is 24.1 Å². The van der Waals surface area contributed by atoms with Gasteiger partial charge in [-0.1, -0.05) is 77.3 Å². The van der Waals surface area contributed by atoms with Crippen LogP contribution in [-0.4, -0.2) is 73.5 Å². The highest BCUT2D eigenvalue weighted by molar-refractivity contribution is 5.98. The van der Waals surface area contributed by atoms with Crippen LogP contribution in [0.15, 0.2) is 42.6 Å². The van der Waals surface area contributed by atoms with Crippen molar-refractivity contribution in [2.45, 2.75) is 85.0 Å². The highest BCUT2D eigenvalue weighted by Crippen LogP contribution is 2.31. The van der Waals surface area contributed by atoms with E-state index in [1.807, 2.05) is 25.1 Å². The van der Waals surface area contributed by atoms with Crippen LogP contribution in [-0.2, 0) is 39.8 Å². The number of cyclic esters (lactones) is 2. The van der Waals surface area contributed by atoms with E-state index >= 15 is 0 Å². The number of ether oxygens (including phenoxy) is 6. The van der Waals surface area contributed by atoms with Gasteiger partial charge in [0.15, 0.2) is 23.6 Å². The molecule has 1 unspecified atom stereocenters. The van der Waals surface area contributed by atoms with E-state index in [9.17, 15) is 24.0 Å². The average molecular weight is 671 g/mol. The van der Waals surface area contributed by atoms with E-state index in [4.69, 9.17) is 28.4 Å². The first-order chi connectivity index (χ1) is 23.0. The number of amides is 1. The van der Waals surface area contributed by atoms with Gasteiger partial charge in [0, 0.05) is 12.3 Å². The van der Waals surface area contributed by atoms with Gasteiger partial charge in [-0.25, -0.2) is 14.6 Å². The quantitative estimate of drug-likeness (QED) is 0.215. The van der Waals surface area contributed by atoms with Crippen LogP contribution in [0, 0.1) is 17.8 Å². The summed E-state index contributed by atoms with van der Waals surface area (Å²) < 4.78 is 32.9. The molecule has 13 heteroatoms. The number of aromatic nitrogens is 1. The lowest BCUT2D eigenvalue weighted by Crippen LogP contribution is -2.47. The lowest BCUT2D eigenvalue weighted by atomic mass is 9.91. The third kappa shape index (κ3) is 10.7. The highest BCUT2D eigenvalue weighted by atomic mass is 16.7. The molecule has 1 N–H and O–H groups in total. The van der Waals surface area contributed by atoms with Crippen molar-refractivity contribution in [2.24, 2.45) is 17.8 Å². The minimum atomic E-state index is -1.49. The van der Waals surface area contributed by atoms with Gasteiger partial charge in [0.25, 0.3) is 5.91 Å². The number of benzene rings is 1. The number of unbranched alkanes of at least 4 members (excludes halogenated alkanes) is 1. The normalized spacial score (nSPS) is 20.2. The largest absolute Gasteiger partial charge is 0.514 e. The summed E-state index contributed by atoms with van der Waals surface area (Å²) in [4.78, 5) is 69.7. The Hall–Kier alpha value is -4.68. The van der Waals surface area contributed by atoms with Crippen molar-refractivity contribution in [1.29, 1.82) is 0 Å². The maximum atomic E-state index is 13.5. The van der Waals surface area contributed by atoms with Gasteiger partial charge < -0.3 is 33.7 Å². The molecular weight excluding hydrogens is 624 g/mol. The molecule has 262 valence electrons. The fourth-order valence-corrected chi connectivity index (χ4v) is 5.03. The number of methoxy groups -OCH3 is 1. The molecule has 1 aromatic heterocycles. The van der Waals surface area contributed by atoms with Crippen LogP contribution in [0.25, 0.3) is 0 Å². The van der Waals surface area contributed by atoms with Crippen LogP contribution >= 0.6 is 0 Å². The Morgan fingerprint density at radius 2 is 1.79 bits per heavy atom. The Morgan fingerprint density at radius 1 is 1.06 bits per heavy atom. The molecule has 2 aromatic rings. The maximum Gasteiger partial charge on any atom is 0.514 e. The molecule has 0 aliphatic carbocycles. The number of rotatable bonds is 14. The molecule has 2 heterocycles. The molecule has 13 nitrogen and oxygen atoms in total. The van der Waals surface area contributed by atoms with Crippen molar-refractivity contribution >= 4 is 30.0 Å². The first kappa shape index (κ1) is 37.8. The zero-order valence-corrected chi connectivity index (χ0v) is 28.4. The van der Waals surface area contributed by atoms with E-state index < -0.39 is 66.7 Å². The van der Waals surface area contributed by atoms with Crippen LogP contribution in [0.1, 0.15) is 76.4 Å². The van der Waals surface area contributed by atoms with Gasteiger partial charge in [0.1, 0.15) is 18.6 Å². The standard InChI is InChI=1S/C35H46N2O11/c1-7-9-13-23(8-2)19-45-35(42)48-30-27(43-6)16-17-36-28(30)31(38)37-26-20-44-33(40)25(18-24-14-11-10-12-15-24)29(22(5)46-34(26)41)47-32(39)21(3)4/h10-12,14-17,21-23,25-26,29H,7-9,13,18-20H2,1-6H3,(H,37,38)/t22-,23?,25+,26-,29-/m0/s1. The number of carbonyl (C=O) groups is 5. The van der Waals surface area contributed by atoms with Gasteiger partial charge in [0.05, 0.1) is 19.6 Å². The van der Waals surface area contributed by atoms with Crippen LogP contribution in [0.3, 0.4) is 0 Å². The van der Waals surface area contributed by atoms with Crippen molar-refractivity contribution in [3.05, 3.63) is 53.9 Å². The second-order valence-electron chi connectivity index (χ2n) is 11.9. The smallest absolute Gasteiger partial charge is 0.493 e. The summed E-state index contributed by atoms with van der Waals surface area (Å²) in [5.41, 5.74) is 0.385. The summed E-state index contributed by atoms with van der Waals surface area (Å²) in [5.74, 6) is -4.92. The van der Waals surface area contributed by atoms with Crippen LogP contribution in [0.4, 0.5) is 4.79 Å². The molecule has 3 rings (SSSR count). The number of nitrogens with one attached hydrogen (secondary N) is 1. The zero-order valence-electron chi connectivity index (χ0n) is 28.4. The third-order valence-electron chi connectivity index (χ3n) is 7.94. The van der Waals surface area contributed by atoms with Gasteiger partial charge in [0.2, 0.25) is 5.75 Å². The predicted molar refractivity (Wildman–Crippen MR) is 172 cm³/mol. The summed E-state index contributed by atoms with van der Waals surface area (Å²) in [6.07, 6.45) is 1.78. The summed E-state index contributed by atoms with van der Waals surface area (Å²) in [6, 6.07) is 8.96. The van der Waals surface area contributed by atoms with E-state index in [-0.39, 0.29) is 36.1 Å². The Labute approximate surface area is 280 Å². The number of pyridine rings is 1. The fourth-order valence-electron chi connectivity index (χ4n) is 5.03. The molecule has 1 amide bonds. The second-order valence-corrected chi connectivity index (χ2v) is 11.9. The summed E-state index contributed by atoms with van der Waals surface area (Å²) in [5, 5.41) is 2.46. The van der Waals surface area contributed by atoms with E-state index in [1.165, 1.54) is 26.3 Å². The van der Waals surface area contributed by atoms with Crippen LogP contribution in [0.5, 0.6) is 11.5 Å². The Bertz CT molecular complexity index is 1400. The molecule has 0 bridgehead atoms. The molecular formula is C35H46N2O11. The Morgan fingerprint density at radius 3 is 2.44 bits per heavy atom. The first-order valence-corrected chi connectivity index (χ1v) is 16.3. The molecule has 1 aromatic carbocycles. The Kier molecular flexibility index (Phi) is 14.6. The lowest BCUT2D eigenvalue weighted by molar-refractivity contribution is -0.176. The van der Waals surface area contributed by atoms with Crippen molar-refractivity contribution in [2.75, 3.05) is 20.3 Å². The SMILES string of the molecule is CCCCC(CC)COC(=O)Oc1c(OC)ccnc1C(=O)N[C@H]1COC(=O)[C@H](Cc2ccccc2)[C@@H](OC(=O)C(C)C)[C@H](C)OC1=O. The lowest BCUT2D eigenvalue weighted by Gasteiger charge is -2.29. The number of carbonyl (C=O) groups excluding carboxylic acids is 5. The van der Waals surface area contributed by atoms with Crippen molar-refractivity contribution in [3.8, 4) is 11.5 Å². The van der Waals surface area contributed by atoms with Crippen LogP contribution < -0.4 is 14.8 Å². The average Bonchev–Trinajstić information content (AvgIpc) is 3.11. The zero-order chi connectivity index (χ0) is 35.2. The van der Waals surface area contributed by atoms with Crippen molar-refractivity contribution in [1.82, 2.24) is 10.3 Å². The van der Waals surface area contributed by atoms with E-state index in [0.717, 1.165) is 31.2 Å². The fraction of sp³-hybridized carbons (Fsp3) is 0.543. The number of nitrogens with zero attached hydrogens (tertiary/aromatic N) is 1. The molecule has 1 aliphatic heterocycles. The van der Waals surface area contributed by atoms with E-state index in [0.29, 0.717) is 0 Å². The number of esters is 3. The molecule has 0 radical (unpaired) electrons. The number of hydrogen-bond acceptors (Lipinski definition) is 12. The Balaban J connectivity index is 1.82. The van der Waals surface area contributed by atoms with Crippen molar-refractivity contribution < 1.29 is 52.4 Å². The molecule has 0 saturated carbocycles. The number of hydrogen-bond donors (Lipinski definition) is 1. The van der Waals surface area contributed by atoms with Gasteiger partial charge in [-0.15, -0.1) is 0 Å². The van der Waals surface area contributed by atoms with Gasteiger partial charge in [-0.2, -0.15) is 0 Å². The van der Waals surface area contributed by atoms with Gasteiger partial charge in [-0.05, 0) is 31.2 Å². The monoisotopic (exact) mass is 670 g/mol. The van der Waals surface area contributed by atoms with E-state index in [2.05, 4.69) is 17.2 Å². The molecule has 1 aliphatic rings. The van der Waals surface area contributed by atoms with Crippen LogP contribution in [0.2, 0.25) is 0 Å². The molecule has 5 atom stereocenters. The molecule has 1 fully saturated rings. The first-order valence-electron chi connectivity index (χ1n) is 16.3. The summed E-state index contributed by atoms with van der Waals surface area (Å²) >= 11 is 0. The molecule has 1 saturated heterocycles. The molecule has 48 heavy (non-hydrogen) atoms. The maximum absolute atomic E-state index is 13.5. The van der Waals surface area contributed by atoms with E-state index in [1.54, 1.807) is 26.0 Å².